The Morgan fingerprint density at radius 3 is 3.00 bits per heavy atom. The maximum absolute atomic E-state index is 5.79. The highest BCUT2D eigenvalue weighted by atomic mass is 16.6. The summed E-state index contributed by atoms with van der Waals surface area (Å²) in [6, 6.07) is 2.46. The molecule has 0 bridgehead atoms. The number of ether oxygens (including phenoxy) is 2. The lowest BCUT2D eigenvalue weighted by atomic mass is 10.2. The van der Waals surface area contributed by atoms with Crippen LogP contribution in [0.5, 0.6) is 5.75 Å². The fourth-order valence-corrected chi connectivity index (χ4v) is 1.44. The fraction of sp³-hybridized carbons (Fsp3) is 0.583. The molecule has 2 heterocycles. The van der Waals surface area contributed by atoms with E-state index in [1.165, 1.54) is 0 Å². The molecule has 16 heavy (non-hydrogen) atoms. The predicted octanol–water partition coefficient (Wildman–Crippen LogP) is 1.36. The van der Waals surface area contributed by atoms with Crippen LogP contribution in [0, 0.1) is 0 Å². The zero-order valence-electron chi connectivity index (χ0n) is 9.77. The van der Waals surface area contributed by atoms with Gasteiger partial charge >= 0.3 is 0 Å². The molecule has 0 atom stereocenters. The van der Waals surface area contributed by atoms with Crippen molar-refractivity contribution >= 4 is 0 Å². The van der Waals surface area contributed by atoms with Crippen molar-refractivity contribution in [3.8, 4) is 5.75 Å². The van der Waals surface area contributed by atoms with Gasteiger partial charge in [0.15, 0.2) is 0 Å². The first-order chi connectivity index (χ1) is 7.75. The van der Waals surface area contributed by atoms with Crippen LogP contribution < -0.4 is 10.1 Å². The van der Waals surface area contributed by atoms with Gasteiger partial charge in [-0.15, -0.1) is 0 Å². The van der Waals surface area contributed by atoms with E-state index in [1.54, 1.807) is 12.4 Å². The molecule has 0 amide bonds. The number of hydrogen-bond donors (Lipinski definition) is 1. The summed E-state index contributed by atoms with van der Waals surface area (Å²) in [4.78, 5) is 4.09. The molecule has 1 aliphatic rings. The Kier molecular flexibility index (Phi) is 3.74. The maximum Gasteiger partial charge on any atom is 0.145 e. The Bertz CT molecular complexity index is 338. The van der Waals surface area contributed by atoms with E-state index >= 15 is 0 Å². The number of nitrogens with zero attached hydrogens (tertiary/aromatic N) is 1. The van der Waals surface area contributed by atoms with Crippen molar-refractivity contribution in [1.29, 1.82) is 0 Å². The molecular weight excluding hydrogens is 204 g/mol. The summed E-state index contributed by atoms with van der Waals surface area (Å²) >= 11 is 0. The van der Waals surface area contributed by atoms with E-state index in [0.29, 0.717) is 19.3 Å². The predicted molar refractivity (Wildman–Crippen MR) is 61.4 cm³/mol. The smallest absolute Gasteiger partial charge is 0.145 e. The minimum absolute atomic E-state index is 0.196. The molecule has 1 aliphatic heterocycles. The molecule has 0 spiro atoms. The van der Waals surface area contributed by atoms with Gasteiger partial charge in [-0.2, -0.15) is 0 Å². The molecule has 1 aromatic heterocycles. The second-order valence-electron chi connectivity index (χ2n) is 4.30. The molecule has 0 aromatic carbocycles. The first-order valence-corrected chi connectivity index (χ1v) is 5.66. The third-order valence-electron chi connectivity index (χ3n) is 2.47. The standard InChI is InChI=1S/C12H18N2O2/c1-9(2)14-5-10-3-4-13-6-12(10)16-11-7-15-8-11/h3-4,6,9,11,14H,5,7-8H2,1-2H3. The Morgan fingerprint density at radius 2 is 2.38 bits per heavy atom. The van der Waals surface area contributed by atoms with Gasteiger partial charge in [0.05, 0.1) is 19.4 Å². The normalized spacial score (nSPS) is 16.2. The molecule has 1 fully saturated rings. The monoisotopic (exact) mass is 222 g/mol. The molecule has 0 saturated carbocycles. The summed E-state index contributed by atoms with van der Waals surface area (Å²) < 4.78 is 10.9. The molecular formula is C12H18N2O2. The summed E-state index contributed by atoms with van der Waals surface area (Å²) in [5.74, 6) is 0.865. The molecule has 4 nitrogen and oxygen atoms in total. The number of nitrogens with one attached hydrogen (secondary N) is 1. The summed E-state index contributed by atoms with van der Waals surface area (Å²) in [6.45, 7) is 6.43. The molecule has 88 valence electrons. The number of aromatic nitrogens is 1. The third kappa shape index (κ3) is 2.93. The van der Waals surface area contributed by atoms with Crippen LogP contribution in [0.4, 0.5) is 0 Å². The van der Waals surface area contributed by atoms with Gasteiger partial charge in [0.2, 0.25) is 0 Å². The molecule has 1 N–H and O–H groups in total. The molecule has 2 rings (SSSR count). The second kappa shape index (κ2) is 5.27. The van der Waals surface area contributed by atoms with Crippen molar-refractivity contribution in [1.82, 2.24) is 10.3 Å². The lowest BCUT2D eigenvalue weighted by Gasteiger charge is -2.27. The van der Waals surface area contributed by atoms with E-state index in [0.717, 1.165) is 17.9 Å². The van der Waals surface area contributed by atoms with E-state index in [-0.39, 0.29) is 6.10 Å². The van der Waals surface area contributed by atoms with Crippen LogP contribution in [0.1, 0.15) is 19.4 Å². The quantitative estimate of drug-likeness (QED) is 0.817. The third-order valence-corrected chi connectivity index (χ3v) is 2.47. The lowest BCUT2D eigenvalue weighted by Crippen LogP contribution is -2.39. The van der Waals surface area contributed by atoms with Gasteiger partial charge in [-0.3, -0.25) is 4.98 Å². The maximum atomic E-state index is 5.79. The molecule has 0 aliphatic carbocycles. The van der Waals surface area contributed by atoms with Gasteiger partial charge in [-0.1, -0.05) is 13.8 Å². The van der Waals surface area contributed by atoms with Gasteiger partial charge in [0.25, 0.3) is 0 Å². The SMILES string of the molecule is CC(C)NCc1ccncc1OC1COC1. The van der Waals surface area contributed by atoms with Gasteiger partial charge in [-0.25, -0.2) is 0 Å². The van der Waals surface area contributed by atoms with Gasteiger partial charge in [0, 0.05) is 24.3 Å². The van der Waals surface area contributed by atoms with Gasteiger partial charge in [0.1, 0.15) is 11.9 Å². The van der Waals surface area contributed by atoms with Crippen LogP contribution in [0.15, 0.2) is 18.5 Å². The van der Waals surface area contributed by atoms with Crippen LogP contribution in [-0.2, 0) is 11.3 Å². The van der Waals surface area contributed by atoms with E-state index in [9.17, 15) is 0 Å². The second-order valence-corrected chi connectivity index (χ2v) is 4.30. The first-order valence-electron chi connectivity index (χ1n) is 5.66. The van der Waals surface area contributed by atoms with E-state index < -0.39 is 0 Å². The molecule has 1 saturated heterocycles. The molecule has 0 unspecified atom stereocenters. The number of hydrogen-bond acceptors (Lipinski definition) is 4. The highest BCUT2D eigenvalue weighted by Gasteiger charge is 2.21. The van der Waals surface area contributed by atoms with Crippen molar-refractivity contribution < 1.29 is 9.47 Å². The summed E-state index contributed by atoms with van der Waals surface area (Å²) in [7, 11) is 0. The molecule has 4 heteroatoms. The van der Waals surface area contributed by atoms with Crippen LogP contribution >= 0.6 is 0 Å². The Labute approximate surface area is 96.0 Å². The summed E-state index contributed by atoms with van der Waals surface area (Å²) in [5, 5.41) is 3.37. The Morgan fingerprint density at radius 1 is 1.56 bits per heavy atom. The number of rotatable bonds is 5. The van der Waals surface area contributed by atoms with E-state index in [4.69, 9.17) is 9.47 Å². The zero-order chi connectivity index (χ0) is 11.4. The average molecular weight is 222 g/mol. The molecule has 1 aromatic rings. The van der Waals surface area contributed by atoms with Crippen molar-refractivity contribution in [2.45, 2.75) is 32.5 Å². The highest BCUT2D eigenvalue weighted by molar-refractivity contribution is 5.30. The van der Waals surface area contributed by atoms with Crippen molar-refractivity contribution in [2.75, 3.05) is 13.2 Å². The van der Waals surface area contributed by atoms with E-state index in [2.05, 4.69) is 24.1 Å². The summed E-state index contributed by atoms with van der Waals surface area (Å²) in [6.07, 6.45) is 3.76. The van der Waals surface area contributed by atoms with Crippen LogP contribution in [-0.4, -0.2) is 30.3 Å². The highest BCUT2D eigenvalue weighted by Crippen LogP contribution is 2.20. The Hall–Kier alpha value is -1.13. The largest absolute Gasteiger partial charge is 0.484 e. The fourth-order valence-electron chi connectivity index (χ4n) is 1.44. The lowest BCUT2D eigenvalue weighted by molar-refractivity contribution is -0.0801. The van der Waals surface area contributed by atoms with Crippen LogP contribution in [0.3, 0.4) is 0 Å². The van der Waals surface area contributed by atoms with Gasteiger partial charge < -0.3 is 14.8 Å². The number of pyridine rings is 1. The van der Waals surface area contributed by atoms with Crippen LogP contribution in [0.25, 0.3) is 0 Å². The molecule has 0 radical (unpaired) electrons. The van der Waals surface area contributed by atoms with Crippen molar-refractivity contribution in [3.63, 3.8) is 0 Å². The van der Waals surface area contributed by atoms with Gasteiger partial charge in [-0.05, 0) is 6.07 Å². The topological polar surface area (TPSA) is 43.4 Å². The minimum Gasteiger partial charge on any atom is -0.484 e. The van der Waals surface area contributed by atoms with Crippen LogP contribution in [0.2, 0.25) is 0 Å². The first kappa shape index (κ1) is 11.4. The zero-order valence-corrected chi connectivity index (χ0v) is 9.77. The van der Waals surface area contributed by atoms with E-state index in [1.807, 2.05) is 6.07 Å². The Balaban J connectivity index is 1.98. The van der Waals surface area contributed by atoms with Crippen molar-refractivity contribution in [3.05, 3.63) is 24.0 Å². The van der Waals surface area contributed by atoms with Crippen molar-refractivity contribution in [2.24, 2.45) is 0 Å². The minimum atomic E-state index is 0.196. The average Bonchev–Trinajstić information content (AvgIpc) is 2.22. The summed E-state index contributed by atoms with van der Waals surface area (Å²) in [5.41, 5.74) is 1.15.